The molecule has 2 rings (SSSR count). The third kappa shape index (κ3) is 2.01. The number of aryl methyl sites for hydroxylation is 1. The fourth-order valence-electron chi connectivity index (χ4n) is 1.30. The number of nitrogens with zero attached hydrogens (tertiary/aromatic N) is 4. The van der Waals surface area contributed by atoms with Gasteiger partial charge in [0, 0.05) is 20.1 Å². The van der Waals surface area contributed by atoms with Crippen LogP contribution in [0, 0.1) is 0 Å². The smallest absolute Gasteiger partial charge is 0.191 e. The highest BCUT2D eigenvalue weighted by molar-refractivity contribution is 5.80. The first kappa shape index (κ1) is 8.98. The molecule has 1 aromatic rings. The fraction of sp³-hybridized carbons (Fsp3) is 0.625. The Hall–Kier alpha value is -1.59. The third-order valence-corrected chi connectivity index (χ3v) is 2.14. The number of aliphatic imine (C=N–C) groups is 1. The largest absolute Gasteiger partial charge is 0.356 e. The molecule has 0 radical (unpaired) electrons. The highest BCUT2D eigenvalue weighted by Gasteiger charge is 2.04. The number of aromatic nitrogens is 3. The summed E-state index contributed by atoms with van der Waals surface area (Å²) in [4.78, 5) is 4.30. The van der Waals surface area contributed by atoms with Crippen LogP contribution in [-0.4, -0.2) is 34.0 Å². The molecule has 0 saturated heterocycles. The van der Waals surface area contributed by atoms with Crippen LogP contribution in [0.1, 0.15) is 12.1 Å². The van der Waals surface area contributed by atoms with Crippen molar-refractivity contribution in [1.29, 1.82) is 0 Å². The zero-order valence-corrected chi connectivity index (χ0v) is 8.19. The molecule has 14 heavy (non-hydrogen) atoms. The van der Waals surface area contributed by atoms with Crippen molar-refractivity contribution in [3.63, 3.8) is 0 Å². The van der Waals surface area contributed by atoms with E-state index in [1.165, 1.54) is 0 Å². The quantitative estimate of drug-likeness (QED) is 0.650. The molecule has 0 fully saturated rings. The first-order chi connectivity index (χ1) is 6.86. The normalized spacial score (nSPS) is 15.9. The van der Waals surface area contributed by atoms with Gasteiger partial charge in [-0.15, -0.1) is 5.10 Å². The fourth-order valence-corrected chi connectivity index (χ4v) is 1.30. The Morgan fingerprint density at radius 3 is 3.21 bits per heavy atom. The van der Waals surface area contributed by atoms with Crippen LogP contribution in [0.5, 0.6) is 0 Å². The van der Waals surface area contributed by atoms with Crippen LogP contribution in [0.4, 0.5) is 0 Å². The SMILES string of the molecule is Cn1nncc1CNC1=NCCCN1. The van der Waals surface area contributed by atoms with Crippen LogP contribution >= 0.6 is 0 Å². The molecule has 0 atom stereocenters. The molecule has 0 bridgehead atoms. The lowest BCUT2D eigenvalue weighted by Crippen LogP contribution is -2.40. The van der Waals surface area contributed by atoms with Crippen molar-refractivity contribution in [2.24, 2.45) is 12.0 Å². The maximum atomic E-state index is 4.30. The summed E-state index contributed by atoms with van der Waals surface area (Å²) in [5.41, 5.74) is 1.04. The lowest BCUT2D eigenvalue weighted by atomic mass is 10.4. The predicted octanol–water partition coefficient (Wildman–Crippen LogP) is -0.746. The Morgan fingerprint density at radius 1 is 1.64 bits per heavy atom. The molecule has 0 unspecified atom stereocenters. The summed E-state index contributed by atoms with van der Waals surface area (Å²) < 4.78 is 1.75. The Labute approximate surface area is 82.4 Å². The van der Waals surface area contributed by atoms with E-state index in [-0.39, 0.29) is 0 Å². The maximum Gasteiger partial charge on any atom is 0.191 e. The van der Waals surface area contributed by atoms with E-state index in [4.69, 9.17) is 0 Å². The number of hydrogen-bond acceptors (Lipinski definition) is 5. The molecule has 6 nitrogen and oxygen atoms in total. The molecule has 0 spiro atoms. The Morgan fingerprint density at radius 2 is 2.57 bits per heavy atom. The third-order valence-electron chi connectivity index (χ3n) is 2.14. The van der Waals surface area contributed by atoms with Crippen LogP contribution < -0.4 is 10.6 Å². The number of guanidine groups is 1. The van der Waals surface area contributed by atoms with E-state index < -0.39 is 0 Å². The predicted molar refractivity (Wildman–Crippen MR) is 52.8 cm³/mol. The molecule has 1 aromatic heterocycles. The summed E-state index contributed by atoms with van der Waals surface area (Å²) in [7, 11) is 1.88. The molecule has 0 saturated carbocycles. The Balaban J connectivity index is 1.88. The van der Waals surface area contributed by atoms with Gasteiger partial charge in [0.25, 0.3) is 0 Å². The van der Waals surface area contributed by atoms with Gasteiger partial charge in [-0.3, -0.25) is 9.67 Å². The monoisotopic (exact) mass is 194 g/mol. The molecule has 2 N–H and O–H groups in total. The van der Waals surface area contributed by atoms with E-state index in [0.29, 0.717) is 6.54 Å². The topological polar surface area (TPSA) is 67.1 Å². The van der Waals surface area contributed by atoms with Crippen LogP contribution in [0.25, 0.3) is 0 Å². The summed E-state index contributed by atoms with van der Waals surface area (Å²) in [5, 5.41) is 14.0. The average molecular weight is 194 g/mol. The van der Waals surface area contributed by atoms with Crippen molar-refractivity contribution >= 4 is 5.96 Å². The van der Waals surface area contributed by atoms with E-state index in [1.54, 1.807) is 10.9 Å². The van der Waals surface area contributed by atoms with Crippen LogP contribution in [-0.2, 0) is 13.6 Å². The van der Waals surface area contributed by atoms with Gasteiger partial charge in [0.1, 0.15) is 0 Å². The van der Waals surface area contributed by atoms with Crippen LogP contribution in [0.3, 0.4) is 0 Å². The van der Waals surface area contributed by atoms with Gasteiger partial charge < -0.3 is 10.6 Å². The van der Waals surface area contributed by atoms with Crippen LogP contribution in [0.2, 0.25) is 0 Å². The molecule has 0 aromatic carbocycles. The molecule has 1 aliphatic rings. The number of rotatable bonds is 2. The minimum absolute atomic E-state index is 0.704. The van der Waals surface area contributed by atoms with Crippen molar-refractivity contribution in [2.75, 3.05) is 13.1 Å². The zero-order chi connectivity index (χ0) is 9.80. The highest BCUT2D eigenvalue weighted by atomic mass is 15.4. The molecule has 76 valence electrons. The summed E-state index contributed by atoms with van der Waals surface area (Å²) in [6.07, 6.45) is 2.86. The van der Waals surface area contributed by atoms with Gasteiger partial charge in [-0.25, -0.2) is 0 Å². The second-order valence-corrected chi connectivity index (χ2v) is 3.21. The number of hydrogen-bond donors (Lipinski definition) is 2. The summed E-state index contributed by atoms with van der Waals surface area (Å²) >= 11 is 0. The summed E-state index contributed by atoms with van der Waals surface area (Å²) in [6, 6.07) is 0. The van der Waals surface area contributed by atoms with Crippen LogP contribution in [0.15, 0.2) is 11.2 Å². The van der Waals surface area contributed by atoms with Gasteiger partial charge in [0.15, 0.2) is 5.96 Å². The lowest BCUT2D eigenvalue weighted by molar-refractivity contribution is 0.650. The number of nitrogens with one attached hydrogen (secondary N) is 2. The van der Waals surface area contributed by atoms with E-state index in [0.717, 1.165) is 31.2 Å². The molecule has 0 amide bonds. The molecule has 6 heteroatoms. The molecular formula is C8H14N6. The second kappa shape index (κ2) is 4.08. The highest BCUT2D eigenvalue weighted by Crippen LogP contribution is 1.93. The van der Waals surface area contributed by atoms with Gasteiger partial charge in [0.2, 0.25) is 0 Å². The van der Waals surface area contributed by atoms with Gasteiger partial charge in [-0.1, -0.05) is 5.21 Å². The van der Waals surface area contributed by atoms with Crippen molar-refractivity contribution in [3.05, 3.63) is 11.9 Å². The van der Waals surface area contributed by atoms with E-state index >= 15 is 0 Å². The van der Waals surface area contributed by atoms with Crippen molar-refractivity contribution in [3.8, 4) is 0 Å². The van der Waals surface area contributed by atoms with Gasteiger partial charge >= 0.3 is 0 Å². The van der Waals surface area contributed by atoms with Crippen molar-refractivity contribution in [1.82, 2.24) is 25.6 Å². The molecule has 0 aliphatic carbocycles. The van der Waals surface area contributed by atoms with Gasteiger partial charge in [-0.05, 0) is 6.42 Å². The molecule has 2 heterocycles. The van der Waals surface area contributed by atoms with Crippen molar-refractivity contribution in [2.45, 2.75) is 13.0 Å². The molecular weight excluding hydrogens is 180 g/mol. The average Bonchev–Trinajstić information content (AvgIpc) is 2.63. The Kier molecular flexibility index (Phi) is 2.62. The summed E-state index contributed by atoms with van der Waals surface area (Å²) in [6.45, 7) is 2.60. The van der Waals surface area contributed by atoms with Crippen molar-refractivity contribution < 1.29 is 0 Å². The first-order valence-corrected chi connectivity index (χ1v) is 4.72. The minimum atomic E-state index is 0.704. The van der Waals surface area contributed by atoms with E-state index in [9.17, 15) is 0 Å². The lowest BCUT2D eigenvalue weighted by Gasteiger charge is -2.15. The van der Waals surface area contributed by atoms with E-state index in [1.807, 2.05) is 7.05 Å². The van der Waals surface area contributed by atoms with E-state index in [2.05, 4.69) is 25.9 Å². The standard InChI is InChI=1S/C8H14N6/c1-14-7(6-12-13-14)5-11-8-9-3-2-4-10-8/h6H,2-5H2,1H3,(H2,9,10,11). The maximum absolute atomic E-state index is 4.30. The zero-order valence-electron chi connectivity index (χ0n) is 8.19. The Bertz CT molecular complexity index is 328. The van der Waals surface area contributed by atoms with Gasteiger partial charge in [0.05, 0.1) is 18.4 Å². The minimum Gasteiger partial charge on any atom is -0.356 e. The first-order valence-electron chi connectivity index (χ1n) is 4.72. The second-order valence-electron chi connectivity index (χ2n) is 3.21. The van der Waals surface area contributed by atoms with Gasteiger partial charge in [-0.2, -0.15) is 0 Å². The molecule has 1 aliphatic heterocycles. The summed E-state index contributed by atoms with van der Waals surface area (Å²) in [5.74, 6) is 0.873.